The number of rotatable bonds is 2. The monoisotopic (exact) mass is 250 g/mol. The van der Waals surface area contributed by atoms with E-state index in [1.807, 2.05) is 0 Å². The minimum absolute atomic E-state index is 0.277. The van der Waals surface area contributed by atoms with Crippen LogP contribution in [0.2, 0.25) is 0 Å². The molecular weight excluding hydrogens is 220 g/mol. The van der Waals surface area contributed by atoms with Gasteiger partial charge in [-0.05, 0) is 67.3 Å². The molecule has 2 rings (SSSR count). The third kappa shape index (κ3) is 2.39. The summed E-state index contributed by atoms with van der Waals surface area (Å²) in [6.07, 6.45) is 7.73. The Morgan fingerprint density at radius 1 is 1.28 bits per heavy atom. The standard InChI is InChI=1S/C17H30O/c1-5-13(11-18)15-9-8-14-7-6-12(2)17(3,4)16(14)10-15/h12,14,16,18H,5-11H2,1-4H3/b15-13+/t12-,14?,16+/m0/s1. The number of fused-ring (bicyclic) bond motifs is 1. The van der Waals surface area contributed by atoms with Crippen LogP contribution in [0.1, 0.15) is 66.2 Å². The highest BCUT2D eigenvalue weighted by molar-refractivity contribution is 5.19. The van der Waals surface area contributed by atoms with Gasteiger partial charge in [0.15, 0.2) is 0 Å². The molecule has 0 aliphatic heterocycles. The van der Waals surface area contributed by atoms with Crippen molar-refractivity contribution in [3.05, 3.63) is 11.1 Å². The van der Waals surface area contributed by atoms with E-state index in [4.69, 9.17) is 0 Å². The Kier molecular flexibility index (Phi) is 4.21. The van der Waals surface area contributed by atoms with Crippen LogP contribution in [-0.4, -0.2) is 11.7 Å². The maximum atomic E-state index is 9.50. The third-order valence-electron chi connectivity index (χ3n) is 6.17. The molecule has 18 heavy (non-hydrogen) atoms. The Morgan fingerprint density at radius 3 is 2.61 bits per heavy atom. The normalized spacial score (nSPS) is 38.2. The zero-order chi connectivity index (χ0) is 13.3. The first-order valence-corrected chi connectivity index (χ1v) is 7.81. The van der Waals surface area contributed by atoms with Gasteiger partial charge in [0.2, 0.25) is 0 Å². The lowest BCUT2D eigenvalue weighted by molar-refractivity contribution is 0.00682. The van der Waals surface area contributed by atoms with Gasteiger partial charge in [-0.1, -0.05) is 33.3 Å². The van der Waals surface area contributed by atoms with E-state index in [9.17, 15) is 5.11 Å². The molecule has 2 saturated carbocycles. The molecule has 0 aromatic rings. The van der Waals surface area contributed by atoms with Crippen LogP contribution in [0.3, 0.4) is 0 Å². The van der Waals surface area contributed by atoms with E-state index in [1.165, 1.54) is 37.7 Å². The predicted molar refractivity (Wildman–Crippen MR) is 77.4 cm³/mol. The summed E-state index contributed by atoms with van der Waals surface area (Å²) in [6.45, 7) is 9.84. The van der Waals surface area contributed by atoms with Gasteiger partial charge in [0.1, 0.15) is 0 Å². The Morgan fingerprint density at radius 2 is 2.00 bits per heavy atom. The first kappa shape index (κ1) is 14.1. The van der Waals surface area contributed by atoms with Crippen LogP contribution in [0.15, 0.2) is 11.1 Å². The first-order valence-electron chi connectivity index (χ1n) is 7.81. The van der Waals surface area contributed by atoms with Gasteiger partial charge in [-0.25, -0.2) is 0 Å². The van der Waals surface area contributed by atoms with Crippen LogP contribution >= 0.6 is 0 Å². The quantitative estimate of drug-likeness (QED) is 0.712. The average molecular weight is 250 g/mol. The molecule has 1 unspecified atom stereocenters. The molecule has 0 saturated heterocycles. The van der Waals surface area contributed by atoms with E-state index < -0.39 is 0 Å². The summed E-state index contributed by atoms with van der Waals surface area (Å²) in [5, 5.41) is 9.50. The minimum atomic E-state index is 0.277. The van der Waals surface area contributed by atoms with Crippen molar-refractivity contribution < 1.29 is 5.11 Å². The molecule has 0 bridgehead atoms. The molecule has 0 radical (unpaired) electrons. The molecule has 1 N–H and O–H groups in total. The van der Waals surface area contributed by atoms with E-state index >= 15 is 0 Å². The molecule has 1 nitrogen and oxygen atoms in total. The van der Waals surface area contributed by atoms with Crippen LogP contribution < -0.4 is 0 Å². The SMILES string of the molecule is CC/C(CO)=C1/CCC2CC[C@H](C)C(C)(C)[C@@H]2C1. The minimum Gasteiger partial charge on any atom is -0.392 e. The highest BCUT2D eigenvalue weighted by Gasteiger charge is 2.44. The summed E-state index contributed by atoms with van der Waals surface area (Å²) in [7, 11) is 0. The third-order valence-corrected chi connectivity index (χ3v) is 6.17. The van der Waals surface area contributed by atoms with Crippen molar-refractivity contribution in [2.75, 3.05) is 6.61 Å². The van der Waals surface area contributed by atoms with Gasteiger partial charge in [-0.15, -0.1) is 0 Å². The highest BCUT2D eigenvalue weighted by atomic mass is 16.3. The molecule has 2 fully saturated rings. The molecule has 2 aliphatic rings. The van der Waals surface area contributed by atoms with Gasteiger partial charge in [0.05, 0.1) is 6.61 Å². The van der Waals surface area contributed by atoms with Crippen LogP contribution in [0.5, 0.6) is 0 Å². The number of hydrogen-bond acceptors (Lipinski definition) is 1. The molecule has 0 heterocycles. The van der Waals surface area contributed by atoms with Crippen molar-refractivity contribution in [1.29, 1.82) is 0 Å². The van der Waals surface area contributed by atoms with E-state index in [2.05, 4.69) is 27.7 Å². The van der Waals surface area contributed by atoms with E-state index in [1.54, 1.807) is 5.57 Å². The maximum Gasteiger partial charge on any atom is 0.0644 e. The number of aliphatic hydroxyl groups is 1. The summed E-state index contributed by atoms with van der Waals surface area (Å²) in [5.74, 6) is 2.63. The average Bonchev–Trinajstić information content (AvgIpc) is 2.36. The lowest BCUT2D eigenvalue weighted by atomic mass is 9.54. The Bertz CT molecular complexity index is 321. The van der Waals surface area contributed by atoms with Gasteiger partial charge >= 0.3 is 0 Å². The number of allylic oxidation sites excluding steroid dienone is 1. The zero-order valence-electron chi connectivity index (χ0n) is 12.6. The summed E-state index contributed by atoms with van der Waals surface area (Å²) in [4.78, 5) is 0. The second kappa shape index (κ2) is 5.36. The highest BCUT2D eigenvalue weighted by Crippen LogP contribution is 2.54. The molecule has 0 aromatic heterocycles. The summed E-state index contributed by atoms with van der Waals surface area (Å²) >= 11 is 0. The second-order valence-corrected chi connectivity index (χ2v) is 7.13. The van der Waals surface area contributed by atoms with Crippen molar-refractivity contribution in [2.24, 2.45) is 23.2 Å². The second-order valence-electron chi connectivity index (χ2n) is 7.13. The molecule has 2 aliphatic carbocycles. The molecule has 0 amide bonds. The summed E-state index contributed by atoms with van der Waals surface area (Å²) < 4.78 is 0. The van der Waals surface area contributed by atoms with E-state index in [0.29, 0.717) is 5.41 Å². The lowest BCUT2D eigenvalue weighted by Crippen LogP contribution is -2.42. The Balaban J connectivity index is 2.21. The summed E-state index contributed by atoms with van der Waals surface area (Å²) in [6, 6.07) is 0. The fourth-order valence-corrected chi connectivity index (χ4v) is 4.31. The molecule has 0 spiro atoms. The Labute approximate surface area is 113 Å². The molecular formula is C17H30O. The van der Waals surface area contributed by atoms with Gasteiger partial charge < -0.3 is 5.11 Å². The smallest absolute Gasteiger partial charge is 0.0644 e. The van der Waals surface area contributed by atoms with Gasteiger partial charge in [-0.2, -0.15) is 0 Å². The van der Waals surface area contributed by atoms with Crippen LogP contribution in [0.4, 0.5) is 0 Å². The first-order chi connectivity index (χ1) is 8.50. The van der Waals surface area contributed by atoms with Crippen molar-refractivity contribution >= 4 is 0 Å². The van der Waals surface area contributed by atoms with E-state index in [-0.39, 0.29) is 6.61 Å². The van der Waals surface area contributed by atoms with Crippen molar-refractivity contribution in [2.45, 2.75) is 66.2 Å². The van der Waals surface area contributed by atoms with Crippen molar-refractivity contribution in [3.8, 4) is 0 Å². The fraction of sp³-hybridized carbons (Fsp3) is 0.882. The predicted octanol–water partition coefficient (Wildman–Crippen LogP) is 4.56. The fourth-order valence-electron chi connectivity index (χ4n) is 4.31. The van der Waals surface area contributed by atoms with Gasteiger partial charge in [-0.3, -0.25) is 0 Å². The van der Waals surface area contributed by atoms with Crippen LogP contribution in [0, 0.1) is 23.2 Å². The zero-order valence-corrected chi connectivity index (χ0v) is 12.6. The lowest BCUT2D eigenvalue weighted by Gasteiger charge is -2.51. The summed E-state index contributed by atoms with van der Waals surface area (Å²) in [5.41, 5.74) is 3.38. The van der Waals surface area contributed by atoms with Gasteiger partial charge in [0, 0.05) is 0 Å². The Hall–Kier alpha value is -0.300. The van der Waals surface area contributed by atoms with Crippen molar-refractivity contribution in [1.82, 2.24) is 0 Å². The topological polar surface area (TPSA) is 20.2 Å². The number of hydrogen-bond donors (Lipinski definition) is 1. The van der Waals surface area contributed by atoms with Gasteiger partial charge in [0.25, 0.3) is 0 Å². The van der Waals surface area contributed by atoms with Crippen LogP contribution in [0.25, 0.3) is 0 Å². The number of aliphatic hydroxyl groups excluding tert-OH is 1. The molecule has 0 aromatic carbocycles. The molecule has 1 heteroatoms. The van der Waals surface area contributed by atoms with Crippen molar-refractivity contribution in [3.63, 3.8) is 0 Å². The maximum absolute atomic E-state index is 9.50. The largest absolute Gasteiger partial charge is 0.392 e. The van der Waals surface area contributed by atoms with E-state index in [0.717, 1.165) is 24.2 Å². The molecule has 3 atom stereocenters. The molecule has 104 valence electrons. The van der Waals surface area contributed by atoms with Crippen LogP contribution in [-0.2, 0) is 0 Å².